The molecule has 0 saturated carbocycles. The number of hydrogen-bond acceptors (Lipinski definition) is 8. The van der Waals surface area contributed by atoms with E-state index in [1.54, 1.807) is 19.2 Å². The summed E-state index contributed by atoms with van der Waals surface area (Å²) in [7, 11) is 2.95. The standard InChI is InChI=1S/C28H23N3O5/c1-33-21-13-11-18(12-14-21)24-25-27(31-20-9-6-10-22(15-20)35-16-23(32)34-2)29-17-30-28(25)36-26(24)19-7-4-3-5-8-19/h3-15,17H,16H2,1-2H3,(H,29,30,31). The Morgan fingerprint density at radius 1 is 0.889 bits per heavy atom. The molecule has 0 spiro atoms. The second kappa shape index (κ2) is 10.2. The fraction of sp³-hybridized carbons (Fsp3) is 0.107. The second-order valence-electron chi connectivity index (χ2n) is 7.82. The van der Waals surface area contributed by atoms with Crippen LogP contribution in [0.25, 0.3) is 33.6 Å². The number of nitrogens with zero attached hydrogens (tertiary/aromatic N) is 2. The van der Waals surface area contributed by atoms with Crippen molar-refractivity contribution in [2.75, 3.05) is 26.1 Å². The Morgan fingerprint density at radius 2 is 1.69 bits per heavy atom. The van der Waals surface area contributed by atoms with Crippen LogP contribution >= 0.6 is 0 Å². The van der Waals surface area contributed by atoms with E-state index >= 15 is 0 Å². The molecule has 8 nitrogen and oxygen atoms in total. The molecule has 0 unspecified atom stereocenters. The third kappa shape index (κ3) is 4.69. The summed E-state index contributed by atoms with van der Waals surface area (Å²) in [5, 5.41) is 4.09. The molecule has 3 aromatic carbocycles. The van der Waals surface area contributed by atoms with Crippen LogP contribution in [0.5, 0.6) is 11.5 Å². The van der Waals surface area contributed by atoms with E-state index in [1.807, 2.05) is 66.7 Å². The van der Waals surface area contributed by atoms with Gasteiger partial charge in [-0.1, -0.05) is 48.5 Å². The number of aromatic nitrogens is 2. The molecule has 0 aliphatic carbocycles. The first-order valence-electron chi connectivity index (χ1n) is 11.2. The predicted molar refractivity (Wildman–Crippen MR) is 136 cm³/mol. The van der Waals surface area contributed by atoms with Gasteiger partial charge in [0.15, 0.2) is 6.61 Å². The molecule has 5 aromatic rings. The van der Waals surface area contributed by atoms with E-state index in [9.17, 15) is 4.79 Å². The number of nitrogens with one attached hydrogen (secondary N) is 1. The lowest BCUT2D eigenvalue weighted by atomic mass is 9.99. The van der Waals surface area contributed by atoms with Crippen LogP contribution in [0.4, 0.5) is 11.5 Å². The van der Waals surface area contributed by atoms with E-state index in [2.05, 4.69) is 20.0 Å². The first-order valence-corrected chi connectivity index (χ1v) is 11.2. The van der Waals surface area contributed by atoms with Crippen LogP contribution in [0.3, 0.4) is 0 Å². The van der Waals surface area contributed by atoms with Crippen molar-refractivity contribution in [2.24, 2.45) is 0 Å². The van der Waals surface area contributed by atoms with Crippen LogP contribution in [0.2, 0.25) is 0 Å². The smallest absolute Gasteiger partial charge is 0.343 e. The fourth-order valence-electron chi connectivity index (χ4n) is 3.86. The van der Waals surface area contributed by atoms with Gasteiger partial charge >= 0.3 is 5.97 Å². The van der Waals surface area contributed by atoms with Gasteiger partial charge in [-0.15, -0.1) is 0 Å². The first kappa shape index (κ1) is 22.9. The molecule has 0 aliphatic rings. The maximum Gasteiger partial charge on any atom is 0.343 e. The van der Waals surface area contributed by atoms with E-state index in [1.165, 1.54) is 13.4 Å². The lowest BCUT2D eigenvalue weighted by Crippen LogP contribution is -2.12. The van der Waals surface area contributed by atoms with Crippen molar-refractivity contribution in [3.8, 4) is 33.9 Å². The number of ether oxygens (including phenoxy) is 3. The van der Waals surface area contributed by atoms with Crippen LogP contribution < -0.4 is 14.8 Å². The predicted octanol–water partition coefficient (Wildman–Crippen LogP) is 5.86. The highest BCUT2D eigenvalue weighted by Crippen LogP contribution is 2.43. The van der Waals surface area contributed by atoms with Gasteiger partial charge in [0.1, 0.15) is 29.4 Å². The summed E-state index contributed by atoms with van der Waals surface area (Å²) >= 11 is 0. The number of carbonyl (C=O) groups excluding carboxylic acids is 1. The Balaban J connectivity index is 1.60. The average molecular weight is 482 g/mol. The van der Waals surface area contributed by atoms with Gasteiger partial charge in [0, 0.05) is 22.9 Å². The van der Waals surface area contributed by atoms with Gasteiger partial charge in [0.25, 0.3) is 0 Å². The highest BCUT2D eigenvalue weighted by molar-refractivity contribution is 6.06. The van der Waals surface area contributed by atoms with Gasteiger partial charge < -0.3 is 23.9 Å². The summed E-state index contributed by atoms with van der Waals surface area (Å²) < 4.78 is 21.8. The Hall–Kier alpha value is -4.85. The molecule has 2 aromatic heterocycles. The van der Waals surface area contributed by atoms with Crippen molar-refractivity contribution >= 4 is 28.6 Å². The molecule has 0 aliphatic heterocycles. The number of esters is 1. The lowest BCUT2D eigenvalue weighted by Gasteiger charge is -2.11. The quantitative estimate of drug-likeness (QED) is 0.275. The molecule has 8 heteroatoms. The molecule has 0 saturated heterocycles. The van der Waals surface area contributed by atoms with Crippen molar-refractivity contribution in [3.05, 3.63) is 85.2 Å². The molecule has 0 radical (unpaired) electrons. The minimum absolute atomic E-state index is 0.179. The van der Waals surface area contributed by atoms with Gasteiger partial charge in [-0.3, -0.25) is 0 Å². The minimum atomic E-state index is -0.457. The average Bonchev–Trinajstić information content (AvgIpc) is 3.33. The van der Waals surface area contributed by atoms with Gasteiger partial charge in [-0.25, -0.2) is 14.8 Å². The molecule has 36 heavy (non-hydrogen) atoms. The van der Waals surface area contributed by atoms with Crippen LogP contribution in [-0.4, -0.2) is 36.8 Å². The fourth-order valence-corrected chi connectivity index (χ4v) is 3.86. The zero-order valence-electron chi connectivity index (χ0n) is 19.7. The van der Waals surface area contributed by atoms with Gasteiger partial charge in [-0.2, -0.15) is 0 Å². The van der Waals surface area contributed by atoms with Gasteiger partial charge in [-0.05, 0) is 29.8 Å². The Morgan fingerprint density at radius 3 is 2.44 bits per heavy atom. The third-order valence-corrected chi connectivity index (χ3v) is 5.58. The van der Waals surface area contributed by atoms with Crippen LogP contribution in [0, 0.1) is 0 Å². The maximum atomic E-state index is 11.4. The van der Waals surface area contributed by atoms with Crippen molar-refractivity contribution in [2.45, 2.75) is 0 Å². The molecular weight excluding hydrogens is 458 g/mol. The summed E-state index contributed by atoms with van der Waals surface area (Å²) in [4.78, 5) is 20.4. The van der Waals surface area contributed by atoms with E-state index in [4.69, 9.17) is 13.9 Å². The number of furan rings is 1. The first-order chi connectivity index (χ1) is 17.7. The molecular formula is C28H23N3O5. The molecule has 0 bridgehead atoms. The summed E-state index contributed by atoms with van der Waals surface area (Å²) in [6.45, 7) is -0.179. The Kier molecular flexibility index (Phi) is 6.48. The molecule has 0 fully saturated rings. The van der Waals surface area contributed by atoms with Gasteiger partial charge in [0.05, 0.1) is 19.6 Å². The molecule has 0 atom stereocenters. The van der Waals surface area contributed by atoms with E-state index in [0.717, 1.165) is 33.5 Å². The van der Waals surface area contributed by atoms with E-state index in [0.29, 0.717) is 23.0 Å². The molecule has 2 heterocycles. The second-order valence-corrected chi connectivity index (χ2v) is 7.82. The molecule has 0 amide bonds. The number of methoxy groups -OCH3 is 2. The molecule has 180 valence electrons. The topological polar surface area (TPSA) is 95.7 Å². The third-order valence-electron chi connectivity index (χ3n) is 5.58. The zero-order valence-corrected chi connectivity index (χ0v) is 19.7. The number of hydrogen-bond donors (Lipinski definition) is 1. The van der Waals surface area contributed by atoms with Crippen LogP contribution in [-0.2, 0) is 9.53 Å². The Labute approximate surface area is 207 Å². The normalized spacial score (nSPS) is 10.7. The summed E-state index contributed by atoms with van der Waals surface area (Å²) in [5.41, 5.74) is 3.89. The number of benzene rings is 3. The monoisotopic (exact) mass is 481 g/mol. The highest BCUT2D eigenvalue weighted by atomic mass is 16.6. The van der Waals surface area contributed by atoms with Crippen molar-refractivity contribution < 1.29 is 23.4 Å². The molecule has 1 N–H and O–H groups in total. The largest absolute Gasteiger partial charge is 0.497 e. The van der Waals surface area contributed by atoms with Crippen molar-refractivity contribution in [1.29, 1.82) is 0 Å². The highest BCUT2D eigenvalue weighted by Gasteiger charge is 2.22. The maximum absolute atomic E-state index is 11.4. The van der Waals surface area contributed by atoms with Crippen molar-refractivity contribution in [1.82, 2.24) is 9.97 Å². The Bertz CT molecular complexity index is 1500. The van der Waals surface area contributed by atoms with E-state index in [-0.39, 0.29) is 6.61 Å². The van der Waals surface area contributed by atoms with E-state index < -0.39 is 5.97 Å². The zero-order chi connectivity index (χ0) is 24.9. The minimum Gasteiger partial charge on any atom is -0.497 e. The summed E-state index contributed by atoms with van der Waals surface area (Å²) in [5.74, 6) is 2.08. The summed E-state index contributed by atoms with van der Waals surface area (Å²) in [6, 6.07) is 24.9. The number of fused-ring (bicyclic) bond motifs is 1. The lowest BCUT2D eigenvalue weighted by molar-refractivity contribution is -0.142. The van der Waals surface area contributed by atoms with Crippen LogP contribution in [0.15, 0.2) is 89.6 Å². The number of carbonyl (C=O) groups is 1. The van der Waals surface area contributed by atoms with Crippen LogP contribution in [0.1, 0.15) is 0 Å². The van der Waals surface area contributed by atoms with Crippen molar-refractivity contribution in [3.63, 3.8) is 0 Å². The summed E-state index contributed by atoms with van der Waals surface area (Å²) in [6.07, 6.45) is 1.46. The SMILES string of the molecule is COC(=O)COc1cccc(Nc2ncnc3oc(-c4ccccc4)c(-c4ccc(OC)cc4)c23)c1. The molecule has 5 rings (SSSR count). The van der Waals surface area contributed by atoms with Gasteiger partial charge in [0.2, 0.25) is 5.71 Å². The number of rotatable bonds is 8. The number of anilines is 2.